The lowest BCUT2D eigenvalue weighted by molar-refractivity contribution is 0.0738. The Labute approximate surface area is 107 Å². The molecule has 3 atom stereocenters. The van der Waals surface area contributed by atoms with Crippen molar-refractivity contribution in [1.29, 1.82) is 0 Å². The monoisotopic (exact) mass is 239 g/mol. The number of piperazine rings is 1. The van der Waals surface area contributed by atoms with Crippen molar-refractivity contribution in [1.82, 2.24) is 15.1 Å². The number of hydrogen-bond acceptors (Lipinski definition) is 3. The van der Waals surface area contributed by atoms with E-state index in [1.54, 1.807) is 0 Å². The van der Waals surface area contributed by atoms with Crippen LogP contribution in [-0.4, -0.2) is 61.2 Å². The first-order chi connectivity index (χ1) is 8.20. The van der Waals surface area contributed by atoms with E-state index in [1.807, 2.05) is 0 Å². The zero-order valence-electron chi connectivity index (χ0n) is 11.8. The van der Waals surface area contributed by atoms with Gasteiger partial charge >= 0.3 is 0 Å². The van der Waals surface area contributed by atoms with Gasteiger partial charge in [0.05, 0.1) is 0 Å². The van der Waals surface area contributed by atoms with Crippen molar-refractivity contribution in [2.24, 2.45) is 0 Å². The van der Waals surface area contributed by atoms with Crippen LogP contribution < -0.4 is 5.32 Å². The Hall–Kier alpha value is -0.120. The van der Waals surface area contributed by atoms with E-state index in [1.165, 1.54) is 51.9 Å². The average Bonchev–Trinajstić information content (AvgIpc) is 2.32. The molecule has 17 heavy (non-hydrogen) atoms. The lowest BCUT2D eigenvalue weighted by atomic mass is 10.00. The molecule has 0 bridgehead atoms. The van der Waals surface area contributed by atoms with Crippen molar-refractivity contribution in [3.05, 3.63) is 0 Å². The number of piperidine rings is 1. The van der Waals surface area contributed by atoms with Gasteiger partial charge in [-0.1, -0.05) is 13.3 Å². The summed E-state index contributed by atoms with van der Waals surface area (Å²) in [5.41, 5.74) is 0. The highest BCUT2D eigenvalue weighted by atomic mass is 15.3. The molecule has 3 unspecified atom stereocenters. The first kappa shape index (κ1) is 13.3. The van der Waals surface area contributed by atoms with Crippen molar-refractivity contribution in [3.8, 4) is 0 Å². The summed E-state index contributed by atoms with van der Waals surface area (Å²) in [6, 6.07) is 2.20. The molecule has 2 fully saturated rings. The number of nitrogens with one attached hydrogen (secondary N) is 1. The summed E-state index contributed by atoms with van der Waals surface area (Å²) >= 11 is 0. The van der Waals surface area contributed by atoms with E-state index in [0.717, 1.165) is 12.1 Å². The van der Waals surface area contributed by atoms with Gasteiger partial charge in [0.1, 0.15) is 0 Å². The van der Waals surface area contributed by atoms with Crippen LogP contribution in [0.2, 0.25) is 0 Å². The number of likely N-dealkylation sites (tertiary alicyclic amines) is 1. The first-order valence-corrected chi connectivity index (χ1v) is 7.38. The van der Waals surface area contributed by atoms with Gasteiger partial charge in [-0.05, 0) is 39.8 Å². The highest BCUT2D eigenvalue weighted by molar-refractivity contribution is 4.87. The minimum atomic E-state index is 0.659. The van der Waals surface area contributed by atoms with Crippen molar-refractivity contribution >= 4 is 0 Å². The second-order valence-electron chi connectivity index (χ2n) is 5.96. The summed E-state index contributed by atoms with van der Waals surface area (Å²) in [5.74, 6) is 0. The lowest BCUT2D eigenvalue weighted by Crippen LogP contribution is -2.58. The fourth-order valence-corrected chi connectivity index (χ4v) is 3.30. The number of likely N-dealkylation sites (N-methyl/N-ethyl adjacent to an activating group) is 1. The topological polar surface area (TPSA) is 18.5 Å². The Morgan fingerprint density at radius 2 is 2.06 bits per heavy atom. The molecule has 2 rings (SSSR count). The largest absolute Gasteiger partial charge is 0.311 e. The van der Waals surface area contributed by atoms with Gasteiger partial charge in [-0.2, -0.15) is 0 Å². The molecular formula is C14H29N3. The molecule has 0 radical (unpaired) electrons. The van der Waals surface area contributed by atoms with Crippen LogP contribution in [0.3, 0.4) is 0 Å². The predicted molar refractivity (Wildman–Crippen MR) is 73.4 cm³/mol. The lowest BCUT2D eigenvalue weighted by Gasteiger charge is -2.43. The molecule has 2 aliphatic heterocycles. The minimum Gasteiger partial charge on any atom is -0.311 e. The van der Waals surface area contributed by atoms with Crippen LogP contribution in [0, 0.1) is 0 Å². The summed E-state index contributed by atoms with van der Waals surface area (Å²) in [6.07, 6.45) is 5.48. The van der Waals surface area contributed by atoms with Gasteiger partial charge in [-0.15, -0.1) is 0 Å². The fraction of sp³-hybridized carbons (Fsp3) is 1.00. The van der Waals surface area contributed by atoms with Gasteiger partial charge in [0.2, 0.25) is 0 Å². The molecule has 3 heteroatoms. The maximum atomic E-state index is 3.61. The van der Waals surface area contributed by atoms with Crippen LogP contribution >= 0.6 is 0 Å². The molecule has 2 heterocycles. The van der Waals surface area contributed by atoms with E-state index >= 15 is 0 Å². The van der Waals surface area contributed by atoms with Crippen LogP contribution in [0.25, 0.3) is 0 Å². The third-order valence-corrected chi connectivity index (χ3v) is 4.56. The maximum absolute atomic E-state index is 3.61. The predicted octanol–water partition coefficient (Wildman–Crippen LogP) is 1.54. The SMILES string of the molecule is CCC1CNC(C)CN1CC1CCCCN1C. The van der Waals surface area contributed by atoms with Crippen molar-refractivity contribution < 1.29 is 0 Å². The van der Waals surface area contributed by atoms with E-state index in [9.17, 15) is 0 Å². The van der Waals surface area contributed by atoms with Gasteiger partial charge in [0.25, 0.3) is 0 Å². The molecule has 0 spiro atoms. The number of hydrogen-bond donors (Lipinski definition) is 1. The van der Waals surface area contributed by atoms with E-state index < -0.39 is 0 Å². The Morgan fingerprint density at radius 3 is 2.76 bits per heavy atom. The zero-order chi connectivity index (χ0) is 12.3. The molecule has 0 aromatic carbocycles. The van der Waals surface area contributed by atoms with Gasteiger partial charge in [0, 0.05) is 37.8 Å². The van der Waals surface area contributed by atoms with E-state index in [4.69, 9.17) is 0 Å². The van der Waals surface area contributed by atoms with Gasteiger partial charge in [0.15, 0.2) is 0 Å². The Morgan fingerprint density at radius 1 is 1.24 bits per heavy atom. The third-order valence-electron chi connectivity index (χ3n) is 4.56. The molecule has 3 nitrogen and oxygen atoms in total. The molecule has 2 aliphatic rings. The standard InChI is InChI=1S/C14H29N3/c1-4-13-9-15-12(2)10-17(13)11-14-7-5-6-8-16(14)3/h12-15H,4-11H2,1-3H3. The first-order valence-electron chi connectivity index (χ1n) is 7.38. The van der Waals surface area contributed by atoms with E-state index in [0.29, 0.717) is 6.04 Å². The summed E-state index contributed by atoms with van der Waals surface area (Å²) in [7, 11) is 2.30. The normalized spacial score (nSPS) is 37.2. The zero-order valence-corrected chi connectivity index (χ0v) is 11.8. The van der Waals surface area contributed by atoms with Crippen LogP contribution in [0.4, 0.5) is 0 Å². The molecule has 0 amide bonds. The summed E-state index contributed by atoms with van der Waals surface area (Å²) < 4.78 is 0. The summed E-state index contributed by atoms with van der Waals surface area (Å²) in [5, 5.41) is 3.61. The second-order valence-corrected chi connectivity index (χ2v) is 5.96. The molecule has 100 valence electrons. The highest BCUT2D eigenvalue weighted by Gasteiger charge is 2.28. The Kier molecular flexibility index (Phi) is 4.83. The molecule has 2 saturated heterocycles. The quantitative estimate of drug-likeness (QED) is 0.806. The van der Waals surface area contributed by atoms with Gasteiger partial charge in [-0.3, -0.25) is 4.90 Å². The molecule has 1 N–H and O–H groups in total. The second kappa shape index (κ2) is 6.17. The van der Waals surface area contributed by atoms with Gasteiger partial charge < -0.3 is 10.2 Å². The molecular weight excluding hydrogens is 210 g/mol. The highest BCUT2D eigenvalue weighted by Crippen LogP contribution is 2.19. The van der Waals surface area contributed by atoms with Crippen molar-refractivity contribution in [2.45, 2.75) is 57.7 Å². The van der Waals surface area contributed by atoms with E-state index in [-0.39, 0.29) is 0 Å². The maximum Gasteiger partial charge on any atom is 0.0220 e. The van der Waals surface area contributed by atoms with E-state index in [2.05, 4.69) is 36.0 Å². The molecule has 0 saturated carbocycles. The van der Waals surface area contributed by atoms with Crippen molar-refractivity contribution in [2.75, 3.05) is 33.2 Å². The van der Waals surface area contributed by atoms with Crippen LogP contribution in [-0.2, 0) is 0 Å². The molecule has 0 aromatic heterocycles. The third kappa shape index (κ3) is 3.43. The summed E-state index contributed by atoms with van der Waals surface area (Å²) in [6.45, 7) is 9.60. The Balaban J connectivity index is 1.90. The Bertz CT molecular complexity index is 232. The van der Waals surface area contributed by atoms with Crippen LogP contribution in [0.1, 0.15) is 39.5 Å². The van der Waals surface area contributed by atoms with Crippen LogP contribution in [0.5, 0.6) is 0 Å². The van der Waals surface area contributed by atoms with Crippen molar-refractivity contribution in [3.63, 3.8) is 0 Å². The van der Waals surface area contributed by atoms with Crippen LogP contribution in [0.15, 0.2) is 0 Å². The smallest absolute Gasteiger partial charge is 0.0220 e. The minimum absolute atomic E-state index is 0.659. The number of nitrogens with zero attached hydrogens (tertiary/aromatic N) is 2. The average molecular weight is 239 g/mol. The van der Waals surface area contributed by atoms with Gasteiger partial charge in [-0.25, -0.2) is 0 Å². The fourth-order valence-electron chi connectivity index (χ4n) is 3.30. The summed E-state index contributed by atoms with van der Waals surface area (Å²) in [4.78, 5) is 5.30. The molecule has 0 aliphatic carbocycles. The number of rotatable bonds is 3. The molecule has 0 aromatic rings.